The van der Waals surface area contributed by atoms with Crippen molar-refractivity contribution < 1.29 is 9.21 Å². The monoisotopic (exact) mass is 385 g/mol. The van der Waals surface area contributed by atoms with Crippen molar-refractivity contribution in [1.29, 1.82) is 0 Å². The summed E-state index contributed by atoms with van der Waals surface area (Å²) in [7, 11) is 0. The molecule has 5 nitrogen and oxygen atoms in total. The smallest absolute Gasteiger partial charge is 0.254 e. The van der Waals surface area contributed by atoms with Crippen LogP contribution in [-0.4, -0.2) is 35.4 Å². The zero-order valence-electron chi connectivity index (χ0n) is 15.4. The lowest BCUT2D eigenvalue weighted by atomic mass is 9.85. The van der Waals surface area contributed by atoms with Crippen molar-refractivity contribution in [2.45, 2.75) is 51.0 Å². The molecule has 6 heteroatoms. The normalized spacial score (nSPS) is 19.9. The number of anilines is 1. The van der Waals surface area contributed by atoms with Gasteiger partial charge in [0.15, 0.2) is 5.89 Å². The standard InChI is InChI=1S/C21H24ClN3O2/c22-16-12-15(6-7-18(16)24-9-1-2-10-24)21(26)25-11-8-19-17(13-25)23-20(27-19)14-4-3-5-14/h6-7,12,14H,1-5,8-11,13H2. The molecule has 0 atom stereocenters. The number of halogens is 1. The van der Waals surface area contributed by atoms with E-state index in [4.69, 9.17) is 16.0 Å². The van der Waals surface area contributed by atoms with E-state index in [1.807, 2.05) is 23.1 Å². The molecule has 2 aromatic rings. The average Bonchev–Trinajstić information content (AvgIpc) is 3.28. The Labute approximate surface area is 164 Å². The predicted octanol–water partition coefficient (Wildman–Crippen LogP) is 4.39. The minimum absolute atomic E-state index is 0.0173. The number of amides is 1. The SMILES string of the molecule is O=C(c1ccc(N2CCCC2)c(Cl)c1)N1CCc2oc(C3CCC3)nc2C1. The Bertz CT molecular complexity index is 868. The average molecular weight is 386 g/mol. The molecule has 3 aliphatic rings. The topological polar surface area (TPSA) is 49.6 Å². The van der Waals surface area contributed by atoms with Gasteiger partial charge in [0, 0.05) is 37.5 Å². The van der Waals surface area contributed by atoms with Crippen molar-refractivity contribution in [3.63, 3.8) is 0 Å². The highest BCUT2D eigenvalue weighted by Gasteiger charge is 2.30. The van der Waals surface area contributed by atoms with Gasteiger partial charge in [-0.25, -0.2) is 4.98 Å². The van der Waals surface area contributed by atoms with Crippen LogP contribution in [0.5, 0.6) is 0 Å². The van der Waals surface area contributed by atoms with Crippen LogP contribution in [0.4, 0.5) is 5.69 Å². The van der Waals surface area contributed by atoms with Gasteiger partial charge in [-0.2, -0.15) is 0 Å². The molecule has 2 fully saturated rings. The van der Waals surface area contributed by atoms with Crippen molar-refractivity contribution in [2.75, 3.05) is 24.5 Å². The highest BCUT2D eigenvalue weighted by atomic mass is 35.5. The number of carbonyl (C=O) groups excluding carboxylic acids is 1. The number of hydrogen-bond acceptors (Lipinski definition) is 4. The lowest BCUT2D eigenvalue weighted by Crippen LogP contribution is -2.35. The van der Waals surface area contributed by atoms with Gasteiger partial charge < -0.3 is 14.2 Å². The van der Waals surface area contributed by atoms with Crippen molar-refractivity contribution in [2.24, 2.45) is 0 Å². The molecule has 1 aromatic carbocycles. The summed E-state index contributed by atoms with van der Waals surface area (Å²) in [6.07, 6.45) is 6.74. The van der Waals surface area contributed by atoms with E-state index in [1.165, 1.54) is 32.1 Å². The Hall–Kier alpha value is -2.01. The lowest BCUT2D eigenvalue weighted by molar-refractivity contribution is 0.0728. The van der Waals surface area contributed by atoms with Gasteiger partial charge >= 0.3 is 0 Å². The summed E-state index contributed by atoms with van der Waals surface area (Å²) in [5, 5.41) is 0.661. The first-order chi connectivity index (χ1) is 13.2. The first-order valence-corrected chi connectivity index (χ1v) is 10.4. The summed E-state index contributed by atoms with van der Waals surface area (Å²) < 4.78 is 5.96. The largest absolute Gasteiger partial charge is 0.445 e. The van der Waals surface area contributed by atoms with E-state index >= 15 is 0 Å². The molecule has 0 radical (unpaired) electrons. The number of hydrogen-bond donors (Lipinski definition) is 0. The van der Waals surface area contributed by atoms with E-state index in [2.05, 4.69) is 9.88 Å². The van der Waals surface area contributed by atoms with Crippen LogP contribution in [0.2, 0.25) is 5.02 Å². The maximum atomic E-state index is 13.0. The fourth-order valence-corrected chi connectivity index (χ4v) is 4.56. The molecule has 1 saturated carbocycles. The van der Waals surface area contributed by atoms with Gasteiger partial charge in [0.25, 0.3) is 5.91 Å². The summed E-state index contributed by atoms with van der Waals surface area (Å²) in [4.78, 5) is 21.8. The van der Waals surface area contributed by atoms with E-state index in [1.54, 1.807) is 0 Å². The third-order valence-electron chi connectivity index (χ3n) is 6.13. The first-order valence-electron chi connectivity index (χ1n) is 10.0. The van der Waals surface area contributed by atoms with Crippen LogP contribution >= 0.6 is 11.6 Å². The molecule has 0 spiro atoms. The Morgan fingerprint density at radius 3 is 2.67 bits per heavy atom. The summed E-state index contributed by atoms with van der Waals surface area (Å²) in [6, 6.07) is 5.71. The molecule has 142 valence electrons. The zero-order valence-corrected chi connectivity index (χ0v) is 16.2. The van der Waals surface area contributed by atoms with Crippen LogP contribution < -0.4 is 4.90 Å². The van der Waals surface area contributed by atoms with Crippen molar-refractivity contribution in [1.82, 2.24) is 9.88 Å². The number of rotatable bonds is 3. The maximum absolute atomic E-state index is 13.0. The van der Waals surface area contributed by atoms with Gasteiger partial charge in [-0.1, -0.05) is 18.0 Å². The molecule has 0 unspecified atom stereocenters. The van der Waals surface area contributed by atoms with Gasteiger partial charge in [0.05, 0.1) is 17.3 Å². The first kappa shape index (κ1) is 17.1. The van der Waals surface area contributed by atoms with Gasteiger partial charge in [-0.15, -0.1) is 0 Å². The van der Waals surface area contributed by atoms with E-state index in [0.29, 0.717) is 29.6 Å². The van der Waals surface area contributed by atoms with E-state index < -0.39 is 0 Å². The number of carbonyl (C=O) groups is 1. The minimum atomic E-state index is 0.0173. The number of nitrogens with zero attached hydrogens (tertiary/aromatic N) is 3. The van der Waals surface area contributed by atoms with Crippen LogP contribution in [0.25, 0.3) is 0 Å². The van der Waals surface area contributed by atoms with Crippen LogP contribution in [0.3, 0.4) is 0 Å². The molecule has 1 aromatic heterocycles. The Kier molecular flexibility index (Phi) is 4.35. The molecule has 2 aliphatic heterocycles. The molecule has 3 heterocycles. The molecule has 0 N–H and O–H groups in total. The van der Waals surface area contributed by atoms with Gasteiger partial charge in [-0.3, -0.25) is 4.79 Å². The highest BCUT2D eigenvalue weighted by molar-refractivity contribution is 6.33. The fraction of sp³-hybridized carbons (Fsp3) is 0.524. The van der Waals surface area contributed by atoms with E-state index in [0.717, 1.165) is 42.5 Å². The Morgan fingerprint density at radius 2 is 1.96 bits per heavy atom. The lowest BCUT2D eigenvalue weighted by Gasteiger charge is -2.26. The second kappa shape index (κ2) is 6.86. The van der Waals surface area contributed by atoms with Crippen LogP contribution in [0, 0.1) is 0 Å². The van der Waals surface area contributed by atoms with Gasteiger partial charge in [-0.05, 0) is 43.9 Å². The Morgan fingerprint density at radius 1 is 1.15 bits per heavy atom. The second-order valence-electron chi connectivity index (χ2n) is 7.89. The second-order valence-corrected chi connectivity index (χ2v) is 8.29. The highest BCUT2D eigenvalue weighted by Crippen LogP contribution is 2.37. The molecule has 5 rings (SSSR count). The molecular formula is C21H24ClN3O2. The maximum Gasteiger partial charge on any atom is 0.254 e. The summed E-state index contributed by atoms with van der Waals surface area (Å²) >= 11 is 6.49. The number of oxazole rings is 1. The van der Waals surface area contributed by atoms with Gasteiger partial charge in [0.2, 0.25) is 0 Å². The van der Waals surface area contributed by atoms with Crippen molar-refractivity contribution >= 4 is 23.2 Å². The van der Waals surface area contributed by atoms with Crippen LogP contribution in [-0.2, 0) is 13.0 Å². The molecular weight excluding hydrogens is 362 g/mol. The fourth-order valence-electron chi connectivity index (χ4n) is 4.26. The number of aromatic nitrogens is 1. The summed E-state index contributed by atoms with van der Waals surface area (Å²) in [5.74, 6) is 2.34. The summed E-state index contributed by atoms with van der Waals surface area (Å²) in [6.45, 7) is 3.27. The zero-order chi connectivity index (χ0) is 18.4. The van der Waals surface area contributed by atoms with E-state index in [9.17, 15) is 4.79 Å². The third-order valence-corrected chi connectivity index (χ3v) is 6.43. The predicted molar refractivity (Wildman–Crippen MR) is 104 cm³/mol. The van der Waals surface area contributed by atoms with E-state index in [-0.39, 0.29) is 5.91 Å². The Balaban J connectivity index is 1.32. The van der Waals surface area contributed by atoms with Crippen molar-refractivity contribution in [3.05, 3.63) is 46.1 Å². The molecule has 1 saturated heterocycles. The molecule has 1 aliphatic carbocycles. The van der Waals surface area contributed by atoms with Gasteiger partial charge in [0.1, 0.15) is 11.5 Å². The number of fused-ring (bicyclic) bond motifs is 1. The van der Waals surface area contributed by atoms with Crippen LogP contribution in [0.15, 0.2) is 22.6 Å². The summed E-state index contributed by atoms with van der Waals surface area (Å²) in [5.41, 5.74) is 2.61. The molecule has 27 heavy (non-hydrogen) atoms. The quantitative estimate of drug-likeness (QED) is 0.786. The van der Waals surface area contributed by atoms with Crippen LogP contribution in [0.1, 0.15) is 65.7 Å². The molecule has 0 bridgehead atoms. The van der Waals surface area contributed by atoms with Crippen molar-refractivity contribution in [3.8, 4) is 0 Å². The minimum Gasteiger partial charge on any atom is -0.445 e. The third kappa shape index (κ3) is 3.12. The molecule has 1 amide bonds. The number of benzene rings is 1.